The van der Waals surface area contributed by atoms with Crippen molar-refractivity contribution in [2.75, 3.05) is 11.9 Å². The van der Waals surface area contributed by atoms with Crippen LogP contribution in [0.1, 0.15) is 76.7 Å². The van der Waals surface area contributed by atoms with Crippen LogP contribution in [-0.4, -0.2) is 18.4 Å². The molecule has 4 bridgehead atoms. The number of rotatable bonds is 7. The Morgan fingerprint density at radius 1 is 1.07 bits per heavy atom. The van der Waals surface area contributed by atoms with E-state index in [0.29, 0.717) is 18.9 Å². The van der Waals surface area contributed by atoms with Gasteiger partial charge in [-0.3, -0.25) is 9.59 Å². The fourth-order valence-electron chi connectivity index (χ4n) is 6.34. The van der Waals surface area contributed by atoms with E-state index in [0.717, 1.165) is 49.1 Å². The normalized spacial score (nSPS) is 31.4. The minimum absolute atomic E-state index is 0.0263. The smallest absolute Gasteiger partial charge is 0.226 e. The second kappa shape index (κ2) is 7.88. The predicted octanol–water partition coefficient (Wildman–Crippen LogP) is 4.86. The summed E-state index contributed by atoms with van der Waals surface area (Å²) in [6, 6.07) is 8.02. The molecule has 4 aliphatic rings. The monoisotopic (exact) mass is 382 g/mol. The van der Waals surface area contributed by atoms with E-state index in [-0.39, 0.29) is 17.2 Å². The molecule has 0 heterocycles. The van der Waals surface area contributed by atoms with Crippen LogP contribution < -0.4 is 10.6 Å². The zero-order chi connectivity index (χ0) is 19.7. The summed E-state index contributed by atoms with van der Waals surface area (Å²) in [5.74, 6) is 2.88. The molecular formula is C24H34N2O2. The first-order chi connectivity index (χ1) is 13.5. The van der Waals surface area contributed by atoms with Gasteiger partial charge in [-0.05, 0) is 80.2 Å². The second-order valence-electron chi connectivity index (χ2n) is 9.65. The maximum atomic E-state index is 13.0. The van der Waals surface area contributed by atoms with Crippen LogP contribution >= 0.6 is 0 Å². The summed E-state index contributed by atoms with van der Waals surface area (Å²) in [4.78, 5) is 25.4. The molecule has 2 N–H and O–H groups in total. The third kappa shape index (κ3) is 3.83. The highest BCUT2D eigenvalue weighted by molar-refractivity contribution is 5.92. The van der Waals surface area contributed by atoms with Gasteiger partial charge in [-0.1, -0.05) is 32.0 Å². The van der Waals surface area contributed by atoms with Crippen LogP contribution in [0.2, 0.25) is 0 Å². The fourth-order valence-corrected chi connectivity index (χ4v) is 6.34. The van der Waals surface area contributed by atoms with Gasteiger partial charge in [-0.2, -0.15) is 0 Å². The number of hydrogen-bond acceptors (Lipinski definition) is 2. The van der Waals surface area contributed by atoms with Gasteiger partial charge in [-0.25, -0.2) is 0 Å². The SMILES string of the molecule is CC[C@@H](C)c1ccccc1NC(=O)CCNC(=O)C12CC3CC(CC(C3)C1)C2. The number of para-hydroxylation sites is 1. The molecule has 4 heteroatoms. The summed E-state index contributed by atoms with van der Waals surface area (Å²) in [6.45, 7) is 4.76. The third-order valence-corrected chi connectivity index (χ3v) is 7.54. The molecule has 0 radical (unpaired) electrons. The maximum Gasteiger partial charge on any atom is 0.226 e. The number of hydrogen-bond donors (Lipinski definition) is 2. The number of carbonyl (C=O) groups is 2. The van der Waals surface area contributed by atoms with Crippen LogP contribution in [0.25, 0.3) is 0 Å². The minimum Gasteiger partial charge on any atom is -0.355 e. The molecule has 0 unspecified atom stereocenters. The highest BCUT2D eigenvalue weighted by atomic mass is 16.2. The number of nitrogens with one attached hydrogen (secondary N) is 2. The largest absolute Gasteiger partial charge is 0.355 e. The molecule has 0 aliphatic heterocycles. The third-order valence-electron chi connectivity index (χ3n) is 7.54. The first-order valence-corrected chi connectivity index (χ1v) is 11.2. The van der Waals surface area contributed by atoms with Gasteiger partial charge < -0.3 is 10.6 Å². The number of benzene rings is 1. The van der Waals surface area contributed by atoms with E-state index in [9.17, 15) is 9.59 Å². The zero-order valence-electron chi connectivity index (χ0n) is 17.3. The predicted molar refractivity (Wildman–Crippen MR) is 112 cm³/mol. The van der Waals surface area contributed by atoms with Gasteiger partial charge in [0.25, 0.3) is 0 Å². The molecule has 1 atom stereocenters. The lowest BCUT2D eigenvalue weighted by Crippen LogP contribution is -2.53. The van der Waals surface area contributed by atoms with Gasteiger partial charge in [0.1, 0.15) is 0 Å². The van der Waals surface area contributed by atoms with E-state index in [4.69, 9.17) is 0 Å². The molecule has 4 fully saturated rings. The molecule has 0 spiro atoms. The first kappa shape index (κ1) is 19.5. The molecule has 4 aliphatic carbocycles. The van der Waals surface area contributed by atoms with E-state index in [2.05, 4.69) is 30.5 Å². The van der Waals surface area contributed by atoms with Crippen LogP contribution in [0, 0.1) is 23.2 Å². The van der Waals surface area contributed by atoms with E-state index in [1.165, 1.54) is 24.8 Å². The van der Waals surface area contributed by atoms with Gasteiger partial charge in [-0.15, -0.1) is 0 Å². The average Bonchev–Trinajstić information content (AvgIpc) is 2.66. The van der Waals surface area contributed by atoms with Gasteiger partial charge in [0.15, 0.2) is 0 Å². The maximum absolute atomic E-state index is 13.0. The summed E-state index contributed by atoms with van der Waals surface area (Å²) in [6.07, 6.45) is 8.58. The molecular weight excluding hydrogens is 348 g/mol. The Balaban J connectivity index is 1.29. The Hall–Kier alpha value is -1.84. The molecule has 1 aromatic carbocycles. The Bertz CT molecular complexity index is 707. The number of carbonyl (C=O) groups excluding carboxylic acids is 2. The van der Waals surface area contributed by atoms with Crippen molar-refractivity contribution in [3.05, 3.63) is 29.8 Å². The molecule has 0 aromatic heterocycles. The van der Waals surface area contributed by atoms with E-state index < -0.39 is 0 Å². The van der Waals surface area contributed by atoms with Crippen molar-refractivity contribution in [2.24, 2.45) is 23.2 Å². The van der Waals surface area contributed by atoms with E-state index in [1.807, 2.05) is 18.2 Å². The standard InChI is InChI=1S/C24H34N2O2/c1-3-16(2)20-6-4-5-7-21(20)26-22(27)8-9-25-23(28)24-13-17-10-18(14-24)12-19(11-17)15-24/h4-7,16-19H,3,8-15H2,1-2H3,(H,25,28)(H,26,27)/t16-,17?,18?,19?,24?/m1/s1. The lowest BCUT2D eigenvalue weighted by atomic mass is 9.49. The van der Waals surface area contributed by atoms with Crippen LogP contribution in [0.5, 0.6) is 0 Å². The van der Waals surface area contributed by atoms with Crippen molar-refractivity contribution in [3.8, 4) is 0 Å². The Kier molecular flexibility index (Phi) is 5.48. The Morgan fingerprint density at radius 3 is 2.29 bits per heavy atom. The lowest BCUT2D eigenvalue weighted by molar-refractivity contribution is -0.146. The van der Waals surface area contributed by atoms with Crippen molar-refractivity contribution in [1.82, 2.24) is 5.32 Å². The molecule has 4 saturated carbocycles. The summed E-state index contributed by atoms with van der Waals surface area (Å²) in [5, 5.41) is 6.15. The van der Waals surface area contributed by atoms with Crippen LogP contribution in [0.3, 0.4) is 0 Å². The molecule has 28 heavy (non-hydrogen) atoms. The average molecular weight is 383 g/mol. The lowest BCUT2D eigenvalue weighted by Gasteiger charge is -2.55. The van der Waals surface area contributed by atoms with Crippen molar-refractivity contribution < 1.29 is 9.59 Å². The van der Waals surface area contributed by atoms with Crippen molar-refractivity contribution in [3.63, 3.8) is 0 Å². The van der Waals surface area contributed by atoms with Gasteiger partial charge in [0, 0.05) is 24.1 Å². The Labute approximate surface area is 168 Å². The Morgan fingerprint density at radius 2 is 1.68 bits per heavy atom. The first-order valence-electron chi connectivity index (χ1n) is 11.2. The molecule has 2 amide bonds. The van der Waals surface area contributed by atoms with Crippen LogP contribution in [0.15, 0.2) is 24.3 Å². The van der Waals surface area contributed by atoms with Gasteiger partial charge >= 0.3 is 0 Å². The topological polar surface area (TPSA) is 58.2 Å². The minimum atomic E-state index is -0.131. The van der Waals surface area contributed by atoms with Gasteiger partial charge in [0.05, 0.1) is 0 Å². The highest BCUT2D eigenvalue weighted by Crippen LogP contribution is 2.60. The molecule has 0 saturated heterocycles. The van der Waals surface area contributed by atoms with E-state index in [1.54, 1.807) is 0 Å². The molecule has 4 nitrogen and oxygen atoms in total. The quantitative estimate of drug-likeness (QED) is 0.707. The van der Waals surface area contributed by atoms with Crippen molar-refractivity contribution >= 4 is 17.5 Å². The summed E-state index contributed by atoms with van der Waals surface area (Å²) >= 11 is 0. The van der Waals surface area contributed by atoms with Crippen LogP contribution in [-0.2, 0) is 9.59 Å². The van der Waals surface area contributed by atoms with Crippen LogP contribution in [0.4, 0.5) is 5.69 Å². The summed E-state index contributed by atoms with van der Waals surface area (Å²) in [5.41, 5.74) is 1.94. The second-order valence-corrected chi connectivity index (χ2v) is 9.65. The summed E-state index contributed by atoms with van der Waals surface area (Å²) < 4.78 is 0. The van der Waals surface area contributed by atoms with Crippen molar-refractivity contribution in [1.29, 1.82) is 0 Å². The van der Waals surface area contributed by atoms with E-state index >= 15 is 0 Å². The fraction of sp³-hybridized carbons (Fsp3) is 0.667. The molecule has 1 aromatic rings. The van der Waals surface area contributed by atoms with Crippen molar-refractivity contribution in [2.45, 2.75) is 71.1 Å². The molecule has 152 valence electrons. The zero-order valence-corrected chi connectivity index (χ0v) is 17.3. The molecule has 5 rings (SSSR count). The number of amides is 2. The van der Waals surface area contributed by atoms with Gasteiger partial charge in [0.2, 0.25) is 11.8 Å². The summed E-state index contributed by atoms with van der Waals surface area (Å²) in [7, 11) is 0. The number of anilines is 1. The highest BCUT2D eigenvalue weighted by Gasteiger charge is 2.54.